The lowest BCUT2D eigenvalue weighted by Crippen LogP contribution is -2.26. The molecule has 5 N–H and O–H groups in total. The normalized spacial score (nSPS) is 10.6. The Morgan fingerprint density at radius 3 is 3.12 bits per heavy atom. The maximum Gasteiger partial charge on any atom is 0.272 e. The van der Waals surface area contributed by atoms with E-state index >= 15 is 0 Å². The third kappa shape index (κ3) is 1.82. The van der Waals surface area contributed by atoms with Crippen LogP contribution in [0.4, 0.5) is 5.69 Å². The first-order chi connectivity index (χ1) is 7.72. The fourth-order valence-corrected chi connectivity index (χ4v) is 1.46. The second-order valence-corrected chi connectivity index (χ2v) is 3.36. The lowest BCUT2D eigenvalue weighted by atomic mass is 10.2. The molecule has 0 radical (unpaired) electrons. The Balaban J connectivity index is 2.37. The fourth-order valence-electron chi connectivity index (χ4n) is 1.46. The van der Waals surface area contributed by atoms with Crippen molar-refractivity contribution in [1.29, 1.82) is 0 Å². The number of carbonyl (C=O) groups is 1. The molecule has 0 unspecified atom stereocenters. The highest BCUT2D eigenvalue weighted by atomic mass is 16.3. The number of anilines is 1. The van der Waals surface area contributed by atoms with Crippen LogP contribution in [0.1, 0.15) is 10.5 Å². The Bertz CT molecular complexity index is 521. The monoisotopic (exact) mass is 220 g/mol. The summed E-state index contributed by atoms with van der Waals surface area (Å²) in [5.41, 5.74) is 7.25. The van der Waals surface area contributed by atoms with Crippen LogP contribution in [-0.4, -0.2) is 34.4 Å². The number of aliphatic hydroxyl groups excluding tert-OH is 1. The molecule has 0 saturated carbocycles. The SMILES string of the molecule is Nc1ccc2[nH]nc(C(=O)NCCO)c2c1. The lowest BCUT2D eigenvalue weighted by molar-refractivity contribution is 0.0941. The molecule has 1 aromatic carbocycles. The van der Waals surface area contributed by atoms with Crippen molar-refractivity contribution in [3.05, 3.63) is 23.9 Å². The van der Waals surface area contributed by atoms with E-state index in [1.807, 2.05) is 0 Å². The van der Waals surface area contributed by atoms with Gasteiger partial charge in [0.1, 0.15) is 0 Å². The first-order valence-electron chi connectivity index (χ1n) is 4.85. The van der Waals surface area contributed by atoms with Crippen LogP contribution in [0.15, 0.2) is 18.2 Å². The Hall–Kier alpha value is -2.08. The summed E-state index contributed by atoms with van der Waals surface area (Å²) in [6.45, 7) is 0.103. The number of nitrogens with one attached hydrogen (secondary N) is 2. The fraction of sp³-hybridized carbons (Fsp3) is 0.200. The molecule has 6 nitrogen and oxygen atoms in total. The zero-order valence-electron chi connectivity index (χ0n) is 8.53. The molecule has 0 saturated heterocycles. The maximum atomic E-state index is 11.6. The summed E-state index contributed by atoms with van der Waals surface area (Å²) >= 11 is 0. The largest absolute Gasteiger partial charge is 0.399 e. The van der Waals surface area contributed by atoms with Crippen molar-refractivity contribution in [1.82, 2.24) is 15.5 Å². The molecule has 0 aliphatic carbocycles. The third-order valence-corrected chi connectivity index (χ3v) is 2.20. The van der Waals surface area contributed by atoms with Crippen LogP contribution in [-0.2, 0) is 0 Å². The molecule has 2 rings (SSSR count). The van der Waals surface area contributed by atoms with E-state index in [4.69, 9.17) is 10.8 Å². The summed E-state index contributed by atoms with van der Waals surface area (Å²) in [5.74, 6) is -0.328. The molecule has 6 heteroatoms. The van der Waals surface area contributed by atoms with Gasteiger partial charge in [-0.2, -0.15) is 5.10 Å². The molecule has 0 bridgehead atoms. The molecule has 0 atom stereocenters. The number of hydrogen-bond donors (Lipinski definition) is 4. The van der Waals surface area contributed by atoms with Crippen molar-refractivity contribution >= 4 is 22.5 Å². The number of benzene rings is 1. The van der Waals surface area contributed by atoms with E-state index in [0.29, 0.717) is 11.1 Å². The number of nitrogens with two attached hydrogens (primary N) is 1. The second-order valence-electron chi connectivity index (χ2n) is 3.36. The Morgan fingerprint density at radius 2 is 2.38 bits per heavy atom. The molecule has 1 heterocycles. The lowest BCUT2D eigenvalue weighted by Gasteiger charge is -2.00. The van der Waals surface area contributed by atoms with Gasteiger partial charge in [-0.1, -0.05) is 0 Å². The Labute approximate surface area is 91.5 Å². The number of carbonyl (C=O) groups excluding carboxylic acids is 1. The molecule has 2 aromatic rings. The minimum Gasteiger partial charge on any atom is -0.399 e. The number of nitrogens with zero attached hydrogens (tertiary/aromatic N) is 1. The molecular formula is C10H12N4O2. The summed E-state index contributed by atoms with van der Waals surface area (Å²) in [6.07, 6.45) is 0. The molecule has 0 fully saturated rings. The third-order valence-electron chi connectivity index (χ3n) is 2.20. The van der Waals surface area contributed by atoms with Gasteiger partial charge in [0.2, 0.25) is 0 Å². The summed E-state index contributed by atoms with van der Waals surface area (Å²) < 4.78 is 0. The van der Waals surface area contributed by atoms with Gasteiger partial charge in [-0.3, -0.25) is 9.89 Å². The second kappa shape index (κ2) is 4.19. The predicted molar refractivity (Wildman–Crippen MR) is 59.9 cm³/mol. The number of aromatic nitrogens is 2. The van der Waals surface area contributed by atoms with E-state index in [0.717, 1.165) is 5.52 Å². The average molecular weight is 220 g/mol. The first kappa shape index (κ1) is 10.4. The van der Waals surface area contributed by atoms with Gasteiger partial charge in [-0.25, -0.2) is 0 Å². The topological polar surface area (TPSA) is 104 Å². The van der Waals surface area contributed by atoms with E-state index in [9.17, 15) is 4.79 Å². The minimum atomic E-state index is -0.328. The average Bonchev–Trinajstić information content (AvgIpc) is 2.68. The van der Waals surface area contributed by atoms with Gasteiger partial charge < -0.3 is 16.2 Å². The van der Waals surface area contributed by atoms with Gasteiger partial charge in [-0.15, -0.1) is 0 Å². The number of fused-ring (bicyclic) bond motifs is 1. The van der Waals surface area contributed by atoms with E-state index < -0.39 is 0 Å². The predicted octanol–water partition coefficient (Wildman–Crippen LogP) is -0.133. The van der Waals surface area contributed by atoms with Crippen LogP contribution in [0.25, 0.3) is 10.9 Å². The van der Waals surface area contributed by atoms with Crippen LogP contribution in [0.3, 0.4) is 0 Å². The summed E-state index contributed by atoms with van der Waals surface area (Å²) in [7, 11) is 0. The van der Waals surface area contributed by atoms with Crippen molar-refractivity contribution in [3.8, 4) is 0 Å². The Kier molecular flexibility index (Phi) is 2.74. The Morgan fingerprint density at radius 1 is 1.56 bits per heavy atom. The van der Waals surface area contributed by atoms with Crippen molar-refractivity contribution in [2.24, 2.45) is 0 Å². The summed E-state index contributed by atoms with van der Waals surface area (Å²) in [5, 5.41) is 18.5. The van der Waals surface area contributed by atoms with E-state index in [2.05, 4.69) is 15.5 Å². The van der Waals surface area contributed by atoms with Gasteiger partial charge in [0.15, 0.2) is 5.69 Å². The van der Waals surface area contributed by atoms with Crippen LogP contribution in [0, 0.1) is 0 Å². The van der Waals surface area contributed by atoms with Crippen molar-refractivity contribution in [2.45, 2.75) is 0 Å². The molecule has 1 amide bonds. The number of aromatic amines is 1. The van der Waals surface area contributed by atoms with Gasteiger partial charge in [0, 0.05) is 17.6 Å². The zero-order valence-corrected chi connectivity index (χ0v) is 8.53. The quantitative estimate of drug-likeness (QED) is 0.541. The van der Waals surface area contributed by atoms with Crippen molar-refractivity contribution < 1.29 is 9.90 Å². The number of amides is 1. The molecule has 16 heavy (non-hydrogen) atoms. The summed E-state index contributed by atoms with van der Waals surface area (Å²) in [6, 6.07) is 5.18. The van der Waals surface area contributed by atoms with Crippen LogP contribution >= 0.6 is 0 Å². The van der Waals surface area contributed by atoms with Crippen molar-refractivity contribution in [2.75, 3.05) is 18.9 Å². The van der Waals surface area contributed by atoms with Gasteiger partial charge in [-0.05, 0) is 18.2 Å². The van der Waals surface area contributed by atoms with E-state index in [1.54, 1.807) is 18.2 Å². The standard InChI is InChI=1S/C10H12N4O2/c11-6-1-2-8-7(5-6)9(14-13-8)10(16)12-3-4-15/h1-2,5,15H,3-4,11H2,(H,12,16)(H,13,14). The smallest absolute Gasteiger partial charge is 0.272 e. The van der Waals surface area contributed by atoms with E-state index in [-0.39, 0.29) is 24.8 Å². The molecule has 84 valence electrons. The van der Waals surface area contributed by atoms with Crippen LogP contribution in [0.2, 0.25) is 0 Å². The van der Waals surface area contributed by atoms with Gasteiger partial charge in [0.05, 0.1) is 12.1 Å². The number of aliphatic hydroxyl groups is 1. The minimum absolute atomic E-state index is 0.101. The number of rotatable bonds is 3. The molecule has 0 spiro atoms. The number of hydrogen-bond acceptors (Lipinski definition) is 4. The highest BCUT2D eigenvalue weighted by molar-refractivity contribution is 6.05. The van der Waals surface area contributed by atoms with Crippen LogP contribution < -0.4 is 11.1 Å². The molecule has 0 aliphatic heterocycles. The molecule has 0 aliphatic rings. The highest BCUT2D eigenvalue weighted by Gasteiger charge is 2.13. The van der Waals surface area contributed by atoms with Gasteiger partial charge >= 0.3 is 0 Å². The summed E-state index contributed by atoms with van der Waals surface area (Å²) in [4.78, 5) is 11.6. The van der Waals surface area contributed by atoms with E-state index in [1.165, 1.54) is 0 Å². The van der Waals surface area contributed by atoms with Crippen LogP contribution in [0.5, 0.6) is 0 Å². The van der Waals surface area contributed by atoms with Crippen molar-refractivity contribution in [3.63, 3.8) is 0 Å². The number of nitrogen functional groups attached to an aromatic ring is 1. The number of H-pyrrole nitrogens is 1. The zero-order chi connectivity index (χ0) is 11.5. The maximum absolute atomic E-state index is 11.6. The molecule has 1 aromatic heterocycles. The van der Waals surface area contributed by atoms with Gasteiger partial charge in [0.25, 0.3) is 5.91 Å². The highest BCUT2D eigenvalue weighted by Crippen LogP contribution is 2.18. The first-order valence-corrected chi connectivity index (χ1v) is 4.85. The molecular weight excluding hydrogens is 208 g/mol.